The molecule has 1 aliphatic heterocycles. The Morgan fingerprint density at radius 2 is 1.78 bits per heavy atom. The number of methoxy groups -OCH3 is 1. The Morgan fingerprint density at radius 3 is 2.47 bits per heavy atom. The number of rotatable bonds is 5. The molecule has 1 aromatic carbocycles. The van der Waals surface area contributed by atoms with E-state index in [1.807, 2.05) is 60.9 Å². The van der Waals surface area contributed by atoms with Gasteiger partial charge in [-0.2, -0.15) is 0 Å². The lowest BCUT2D eigenvalue weighted by Gasteiger charge is -2.29. The molecule has 1 saturated heterocycles. The number of aromatic nitrogens is 3. The third-order valence-corrected chi connectivity index (χ3v) is 6.08. The second kappa shape index (κ2) is 8.43. The number of aryl methyl sites for hydroxylation is 1. The van der Waals surface area contributed by atoms with Crippen LogP contribution in [0.5, 0.6) is 5.75 Å². The minimum atomic E-state index is -0.115. The van der Waals surface area contributed by atoms with E-state index in [-0.39, 0.29) is 12.1 Å². The molecule has 7 heteroatoms. The highest BCUT2D eigenvalue weighted by atomic mass is 32.1. The Kier molecular flexibility index (Phi) is 5.33. The van der Waals surface area contributed by atoms with Gasteiger partial charge >= 0.3 is 0 Å². The summed E-state index contributed by atoms with van der Waals surface area (Å²) < 4.78 is 7.59. The lowest BCUT2D eigenvalue weighted by Crippen LogP contribution is -2.30. The van der Waals surface area contributed by atoms with Crippen LogP contribution in [0.15, 0.2) is 85.3 Å². The summed E-state index contributed by atoms with van der Waals surface area (Å²) in [6, 6.07) is 22.0. The zero-order chi connectivity index (χ0) is 22.1. The molecule has 3 aromatic heterocycles. The Balaban J connectivity index is 1.68. The zero-order valence-electron chi connectivity index (χ0n) is 17.8. The van der Waals surface area contributed by atoms with Gasteiger partial charge < -0.3 is 19.5 Å². The summed E-state index contributed by atoms with van der Waals surface area (Å²) in [5.41, 5.74) is 5.17. The number of nitrogens with one attached hydrogen (secondary N) is 1. The van der Waals surface area contributed by atoms with E-state index < -0.39 is 0 Å². The molecule has 1 aliphatic rings. The molecule has 0 aliphatic carbocycles. The molecular weight excluding hydrogens is 418 g/mol. The number of nitrogens with zero attached hydrogens (tertiary/aromatic N) is 4. The van der Waals surface area contributed by atoms with E-state index in [2.05, 4.69) is 49.9 Å². The predicted molar refractivity (Wildman–Crippen MR) is 129 cm³/mol. The van der Waals surface area contributed by atoms with E-state index >= 15 is 0 Å². The van der Waals surface area contributed by atoms with Crippen LogP contribution in [-0.4, -0.2) is 26.8 Å². The van der Waals surface area contributed by atoms with Gasteiger partial charge in [0.15, 0.2) is 5.11 Å². The molecule has 0 spiro atoms. The third-order valence-electron chi connectivity index (χ3n) is 5.76. The maximum absolute atomic E-state index is 5.84. The topological polar surface area (TPSA) is 55.2 Å². The van der Waals surface area contributed by atoms with Crippen LogP contribution in [0, 0.1) is 6.92 Å². The fraction of sp³-hybridized carbons (Fsp3) is 0.160. The van der Waals surface area contributed by atoms with Crippen molar-refractivity contribution in [1.82, 2.24) is 19.9 Å². The summed E-state index contributed by atoms with van der Waals surface area (Å²) in [6.45, 7) is 2.10. The summed E-state index contributed by atoms with van der Waals surface area (Å²) in [5, 5.41) is 4.18. The van der Waals surface area contributed by atoms with Crippen LogP contribution in [0.2, 0.25) is 0 Å². The zero-order valence-corrected chi connectivity index (χ0v) is 18.7. The monoisotopic (exact) mass is 441 g/mol. The van der Waals surface area contributed by atoms with Crippen LogP contribution in [0.4, 0.5) is 5.69 Å². The van der Waals surface area contributed by atoms with E-state index in [1.165, 1.54) is 0 Å². The normalized spacial score (nSPS) is 17.9. The first-order valence-corrected chi connectivity index (χ1v) is 10.8. The summed E-state index contributed by atoms with van der Waals surface area (Å²) in [7, 11) is 1.67. The smallest absolute Gasteiger partial charge is 0.174 e. The van der Waals surface area contributed by atoms with Gasteiger partial charge in [0.1, 0.15) is 11.8 Å². The van der Waals surface area contributed by atoms with Crippen molar-refractivity contribution in [3.05, 3.63) is 102 Å². The van der Waals surface area contributed by atoms with E-state index in [0.29, 0.717) is 5.11 Å². The molecule has 160 valence electrons. The second-order valence-corrected chi connectivity index (χ2v) is 8.03. The average Bonchev–Trinajstić information content (AvgIpc) is 3.39. The Morgan fingerprint density at radius 1 is 0.938 bits per heavy atom. The lowest BCUT2D eigenvalue weighted by atomic mass is 10.0. The molecule has 1 N–H and O–H groups in total. The van der Waals surface area contributed by atoms with Crippen LogP contribution < -0.4 is 15.0 Å². The van der Waals surface area contributed by atoms with Gasteiger partial charge in [-0.1, -0.05) is 6.07 Å². The van der Waals surface area contributed by atoms with Crippen LogP contribution >= 0.6 is 12.2 Å². The average molecular weight is 442 g/mol. The van der Waals surface area contributed by atoms with Gasteiger partial charge in [0.2, 0.25) is 0 Å². The number of hydrogen-bond acceptors (Lipinski definition) is 4. The molecule has 1 fully saturated rings. The van der Waals surface area contributed by atoms with Gasteiger partial charge in [-0.15, -0.1) is 0 Å². The number of anilines is 1. The maximum atomic E-state index is 5.84. The molecule has 0 amide bonds. The van der Waals surface area contributed by atoms with Crippen molar-refractivity contribution < 1.29 is 4.74 Å². The van der Waals surface area contributed by atoms with E-state index in [1.54, 1.807) is 13.3 Å². The van der Waals surface area contributed by atoms with Crippen LogP contribution in [0.1, 0.15) is 29.2 Å². The standard InChI is InChI=1S/C25H23N5OS/c1-17-8-13-22(29(17)19-6-5-14-26-16-19)24-23(21-7-3-4-15-27-21)28-25(32)30(24)18-9-11-20(31-2)12-10-18/h3-16,23-24H,1-2H3,(H,28,32)/t23-,24-/m1/s1. The summed E-state index contributed by atoms with van der Waals surface area (Å²) in [5.74, 6) is 0.805. The SMILES string of the molecule is COc1ccc(N2C(=S)N[C@H](c3ccccn3)[C@H]2c2ccc(C)n2-c2cccnc2)cc1. The lowest BCUT2D eigenvalue weighted by molar-refractivity contribution is 0.415. The predicted octanol–water partition coefficient (Wildman–Crippen LogP) is 4.76. The molecule has 4 aromatic rings. The van der Waals surface area contributed by atoms with Gasteiger partial charge in [0.25, 0.3) is 0 Å². The highest BCUT2D eigenvalue weighted by Gasteiger charge is 2.42. The number of thiocarbonyl (C=S) groups is 1. The van der Waals surface area contributed by atoms with Crippen LogP contribution in [-0.2, 0) is 0 Å². The Hall–Kier alpha value is -3.71. The molecule has 0 bridgehead atoms. The number of benzene rings is 1. The summed E-state index contributed by atoms with van der Waals surface area (Å²) in [6.07, 6.45) is 5.48. The second-order valence-electron chi connectivity index (χ2n) is 7.64. The van der Waals surface area contributed by atoms with Crippen molar-refractivity contribution >= 4 is 23.0 Å². The highest BCUT2D eigenvalue weighted by Crippen LogP contribution is 2.42. The van der Waals surface area contributed by atoms with Crippen molar-refractivity contribution in [2.75, 3.05) is 12.0 Å². The Bertz CT molecular complexity index is 1220. The van der Waals surface area contributed by atoms with Gasteiger partial charge in [0.05, 0.1) is 30.7 Å². The van der Waals surface area contributed by atoms with E-state index in [4.69, 9.17) is 17.0 Å². The van der Waals surface area contributed by atoms with E-state index in [0.717, 1.165) is 34.2 Å². The van der Waals surface area contributed by atoms with Gasteiger partial charge in [-0.25, -0.2) is 0 Å². The number of pyridine rings is 2. The molecule has 32 heavy (non-hydrogen) atoms. The van der Waals surface area contributed by atoms with E-state index in [9.17, 15) is 0 Å². The first-order chi connectivity index (χ1) is 15.7. The van der Waals surface area contributed by atoms with Gasteiger partial charge in [-0.3, -0.25) is 9.97 Å². The van der Waals surface area contributed by atoms with Crippen LogP contribution in [0.3, 0.4) is 0 Å². The molecule has 0 unspecified atom stereocenters. The van der Waals surface area contributed by atoms with Gasteiger partial charge in [-0.05, 0) is 79.8 Å². The van der Waals surface area contributed by atoms with Crippen LogP contribution in [0.25, 0.3) is 5.69 Å². The number of ether oxygens (including phenoxy) is 1. The molecule has 2 atom stereocenters. The van der Waals surface area contributed by atoms with Crippen molar-refractivity contribution in [1.29, 1.82) is 0 Å². The maximum Gasteiger partial charge on any atom is 0.174 e. The molecular formula is C25H23N5OS. The van der Waals surface area contributed by atoms with Gasteiger partial charge in [0, 0.05) is 29.5 Å². The molecule has 0 radical (unpaired) electrons. The quantitative estimate of drug-likeness (QED) is 0.451. The van der Waals surface area contributed by atoms with Crippen molar-refractivity contribution in [2.45, 2.75) is 19.0 Å². The summed E-state index contributed by atoms with van der Waals surface area (Å²) >= 11 is 5.84. The Labute approximate surface area is 192 Å². The summed E-state index contributed by atoms with van der Waals surface area (Å²) in [4.78, 5) is 11.1. The molecule has 5 rings (SSSR count). The minimum Gasteiger partial charge on any atom is -0.497 e. The third kappa shape index (κ3) is 3.50. The highest BCUT2D eigenvalue weighted by molar-refractivity contribution is 7.80. The largest absolute Gasteiger partial charge is 0.497 e. The van der Waals surface area contributed by atoms with Crippen molar-refractivity contribution in [2.24, 2.45) is 0 Å². The fourth-order valence-corrected chi connectivity index (χ4v) is 4.65. The first-order valence-electron chi connectivity index (χ1n) is 10.4. The molecule has 0 saturated carbocycles. The van der Waals surface area contributed by atoms with Crippen molar-refractivity contribution in [3.8, 4) is 11.4 Å². The number of hydrogen-bond donors (Lipinski definition) is 1. The minimum absolute atomic E-state index is 0.111. The molecule has 6 nitrogen and oxygen atoms in total. The van der Waals surface area contributed by atoms with Crippen molar-refractivity contribution in [3.63, 3.8) is 0 Å². The fourth-order valence-electron chi connectivity index (χ4n) is 4.30. The first kappa shape index (κ1) is 20.2. The molecule has 4 heterocycles.